The molecule has 1 aliphatic rings. The number of halogens is 1. The van der Waals surface area contributed by atoms with Gasteiger partial charge in [-0.15, -0.1) is 0 Å². The molecule has 1 aliphatic heterocycles. The minimum atomic E-state index is -1.45. The van der Waals surface area contributed by atoms with Crippen molar-refractivity contribution < 1.29 is 24.2 Å². The lowest BCUT2D eigenvalue weighted by Crippen LogP contribution is -2.51. The van der Waals surface area contributed by atoms with Gasteiger partial charge in [-0.2, -0.15) is 0 Å². The minimum Gasteiger partial charge on any atom is -0.490 e. The number of carboxylic acids is 1. The molecule has 2 atom stereocenters. The van der Waals surface area contributed by atoms with E-state index in [0.29, 0.717) is 17.7 Å². The van der Waals surface area contributed by atoms with Crippen LogP contribution in [-0.2, 0) is 9.59 Å². The maximum atomic E-state index is 13.2. The highest BCUT2D eigenvalue weighted by Gasteiger charge is 2.35. The molecule has 2 unspecified atom stereocenters. The van der Waals surface area contributed by atoms with E-state index in [9.17, 15) is 19.5 Å². The van der Waals surface area contributed by atoms with Crippen molar-refractivity contribution in [1.29, 1.82) is 0 Å². The van der Waals surface area contributed by atoms with Gasteiger partial charge in [-0.3, -0.25) is 9.59 Å². The number of carbonyl (C=O) groups is 3. The van der Waals surface area contributed by atoms with Crippen LogP contribution in [0, 0.1) is 0 Å². The second kappa shape index (κ2) is 9.77. The van der Waals surface area contributed by atoms with Crippen LogP contribution in [0.2, 0.25) is 5.02 Å². The summed E-state index contributed by atoms with van der Waals surface area (Å²) in [6.45, 7) is 5.58. The Bertz CT molecular complexity index is 1040. The molecule has 0 radical (unpaired) electrons. The van der Waals surface area contributed by atoms with Gasteiger partial charge in [0.15, 0.2) is 0 Å². The highest BCUT2D eigenvalue weighted by atomic mass is 35.5. The van der Waals surface area contributed by atoms with E-state index in [1.807, 2.05) is 24.3 Å². The number of piperidine rings is 1. The zero-order chi connectivity index (χ0) is 23.5. The van der Waals surface area contributed by atoms with Crippen LogP contribution in [0.1, 0.15) is 56.8 Å². The fourth-order valence-corrected chi connectivity index (χ4v) is 4.31. The van der Waals surface area contributed by atoms with Crippen LogP contribution in [0.15, 0.2) is 30.3 Å². The predicted molar refractivity (Wildman–Crippen MR) is 123 cm³/mol. The van der Waals surface area contributed by atoms with E-state index in [1.54, 1.807) is 24.8 Å². The Hall–Kier alpha value is -2.80. The molecule has 0 bridgehead atoms. The van der Waals surface area contributed by atoms with Gasteiger partial charge in [0, 0.05) is 18.9 Å². The highest BCUT2D eigenvalue weighted by molar-refractivity contribution is 6.35. The lowest BCUT2D eigenvalue weighted by atomic mass is 9.97. The first-order chi connectivity index (χ1) is 15.2. The lowest BCUT2D eigenvalue weighted by molar-refractivity contribution is -0.143. The molecule has 1 heterocycles. The second-order valence-corrected chi connectivity index (χ2v) is 8.81. The Balaban J connectivity index is 2.00. The molecule has 1 fully saturated rings. The van der Waals surface area contributed by atoms with Gasteiger partial charge >= 0.3 is 5.97 Å². The fraction of sp³-hybridized carbons (Fsp3) is 0.458. The molecule has 2 amide bonds. The number of amides is 2. The molecule has 0 aliphatic carbocycles. The molecular formula is C24H29ClN2O5. The monoisotopic (exact) mass is 460 g/mol. The van der Waals surface area contributed by atoms with Crippen LogP contribution in [0.4, 0.5) is 0 Å². The average Bonchev–Trinajstić information content (AvgIpc) is 2.76. The smallest absolute Gasteiger partial charge is 0.329 e. The van der Waals surface area contributed by atoms with Crippen LogP contribution in [0.3, 0.4) is 0 Å². The molecule has 2 N–H and O–H groups in total. The third-order valence-electron chi connectivity index (χ3n) is 6.20. The van der Waals surface area contributed by atoms with Crippen molar-refractivity contribution in [3.8, 4) is 5.75 Å². The summed E-state index contributed by atoms with van der Waals surface area (Å²) in [5.74, 6) is -1.46. The summed E-state index contributed by atoms with van der Waals surface area (Å²) in [4.78, 5) is 38.8. The van der Waals surface area contributed by atoms with Gasteiger partial charge < -0.3 is 20.1 Å². The number of benzene rings is 2. The van der Waals surface area contributed by atoms with Crippen molar-refractivity contribution in [2.75, 3.05) is 13.2 Å². The quantitative estimate of drug-likeness (QED) is 0.643. The van der Waals surface area contributed by atoms with E-state index >= 15 is 0 Å². The van der Waals surface area contributed by atoms with Crippen molar-refractivity contribution in [1.82, 2.24) is 10.2 Å². The Labute approximate surface area is 192 Å². The molecule has 0 spiro atoms. The normalized spacial score (nSPS) is 18.1. The van der Waals surface area contributed by atoms with Gasteiger partial charge in [0.2, 0.25) is 5.91 Å². The topological polar surface area (TPSA) is 95.9 Å². The molecule has 2 aromatic carbocycles. The first-order valence-electron chi connectivity index (χ1n) is 10.8. The fourth-order valence-electron chi connectivity index (χ4n) is 4.02. The number of fused-ring (bicyclic) bond motifs is 1. The Kier molecular flexibility index (Phi) is 7.29. The van der Waals surface area contributed by atoms with Gasteiger partial charge in [0.25, 0.3) is 5.91 Å². The van der Waals surface area contributed by atoms with Gasteiger partial charge in [0.1, 0.15) is 23.5 Å². The molecule has 7 nitrogen and oxygen atoms in total. The SMILES string of the molecule is CCC(C)(NC(=O)c1c(Cl)cc2ccccc2c1OCC1CCCCN1C(C)=O)C(=O)O. The van der Waals surface area contributed by atoms with E-state index in [1.165, 1.54) is 6.92 Å². The third kappa shape index (κ3) is 4.83. The van der Waals surface area contributed by atoms with E-state index in [2.05, 4.69) is 5.32 Å². The number of nitrogens with zero attached hydrogens (tertiary/aromatic N) is 1. The highest BCUT2D eigenvalue weighted by Crippen LogP contribution is 2.36. The van der Waals surface area contributed by atoms with Gasteiger partial charge in [0.05, 0.1) is 11.1 Å². The average molecular weight is 461 g/mol. The predicted octanol–water partition coefficient (Wildman–Crippen LogP) is 4.26. The summed E-state index contributed by atoms with van der Waals surface area (Å²) in [6, 6.07) is 8.96. The van der Waals surface area contributed by atoms with Gasteiger partial charge in [-0.25, -0.2) is 4.79 Å². The molecular weight excluding hydrogens is 432 g/mol. The maximum Gasteiger partial charge on any atom is 0.329 e. The molecule has 32 heavy (non-hydrogen) atoms. The van der Waals surface area contributed by atoms with Gasteiger partial charge in [-0.1, -0.05) is 42.8 Å². The molecule has 0 saturated carbocycles. The summed E-state index contributed by atoms with van der Waals surface area (Å²) in [7, 11) is 0. The van der Waals surface area contributed by atoms with Crippen LogP contribution in [0.5, 0.6) is 5.75 Å². The Morgan fingerprint density at radius 1 is 1.28 bits per heavy atom. The molecule has 0 aromatic heterocycles. The molecule has 3 rings (SSSR count). The minimum absolute atomic E-state index is 0.00705. The number of carboxylic acid groups (broad SMARTS) is 1. The van der Waals surface area contributed by atoms with E-state index in [-0.39, 0.29) is 35.6 Å². The van der Waals surface area contributed by atoms with Crippen molar-refractivity contribution in [3.05, 3.63) is 40.9 Å². The first kappa shape index (κ1) is 23.9. The van der Waals surface area contributed by atoms with Gasteiger partial charge in [-0.05, 0) is 44.1 Å². The molecule has 8 heteroatoms. The van der Waals surface area contributed by atoms with E-state index < -0.39 is 17.4 Å². The second-order valence-electron chi connectivity index (χ2n) is 8.40. The summed E-state index contributed by atoms with van der Waals surface area (Å²) >= 11 is 6.50. The van der Waals surface area contributed by atoms with E-state index in [4.69, 9.17) is 16.3 Å². The lowest BCUT2D eigenvalue weighted by Gasteiger charge is -2.35. The first-order valence-corrected chi connectivity index (χ1v) is 11.2. The Morgan fingerprint density at radius 3 is 2.66 bits per heavy atom. The molecule has 2 aromatic rings. The zero-order valence-corrected chi connectivity index (χ0v) is 19.4. The number of nitrogens with one attached hydrogen (secondary N) is 1. The number of rotatable bonds is 7. The number of ether oxygens (including phenoxy) is 1. The number of aliphatic carboxylic acids is 1. The van der Waals surface area contributed by atoms with Crippen molar-refractivity contribution >= 4 is 40.2 Å². The van der Waals surface area contributed by atoms with Crippen molar-refractivity contribution in [3.63, 3.8) is 0 Å². The standard InChI is InChI=1S/C24H29ClN2O5/c1-4-24(3,23(30)31)26-22(29)20-19(25)13-16-9-5-6-11-18(16)21(20)32-14-17-10-7-8-12-27(17)15(2)28/h5-6,9,11,13,17H,4,7-8,10,12,14H2,1-3H3,(H,26,29)(H,30,31). The molecule has 1 saturated heterocycles. The summed E-state index contributed by atoms with van der Waals surface area (Å²) in [5.41, 5.74) is -1.35. The summed E-state index contributed by atoms with van der Waals surface area (Å²) < 4.78 is 6.19. The largest absolute Gasteiger partial charge is 0.490 e. The van der Waals surface area contributed by atoms with Crippen molar-refractivity contribution in [2.45, 2.75) is 58.0 Å². The van der Waals surface area contributed by atoms with Crippen LogP contribution < -0.4 is 10.1 Å². The van der Waals surface area contributed by atoms with Crippen LogP contribution in [-0.4, -0.2) is 52.5 Å². The van der Waals surface area contributed by atoms with Crippen molar-refractivity contribution in [2.24, 2.45) is 0 Å². The number of hydrogen-bond acceptors (Lipinski definition) is 4. The maximum absolute atomic E-state index is 13.2. The number of hydrogen-bond donors (Lipinski definition) is 2. The van der Waals surface area contributed by atoms with Crippen LogP contribution in [0.25, 0.3) is 10.8 Å². The van der Waals surface area contributed by atoms with Crippen LogP contribution >= 0.6 is 11.6 Å². The number of carbonyl (C=O) groups excluding carboxylic acids is 2. The zero-order valence-electron chi connectivity index (χ0n) is 18.6. The number of likely N-dealkylation sites (tertiary alicyclic amines) is 1. The summed E-state index contributed by atoms with van der Waals surface area (Å²) in [6.07, 6.45) is 2.96. The van der Waals surface area contributed by atoms with E-state index in [0.717, 1.165) is 24.6 Å². The molecule has 172 valence electrons. The Morgan fingerprint density at radius 2 is 2.00 bits per heavy atom. The summed E-state index contributed by atoms with van der Waals surface area (Å²) in [5, 5.41) is 13.8. The third-order valence-corrected chi connectivity index (χ3v) is 6.50.